The maximum absolute atomic E-state index is 11.1. The van der Waals surface area contributed by atoms with E-state index in [0.29, 0.717) is 6.42 Å². The first kappa shape index (κ1) is 17.5. The SMILES string of the molecule is COc1ccc(C#C[C@]2(O)CCCC[C@@H]2NCc2ccccc2)cc1. The zero-order valence-electron chi connectivity index (χ0n) is 14.7. The first-order valence-corrected chi connectivity index (χ1v) is 8.86. The highest BCUT2D eigenvalue weighted by molar-refractivity contribution is 5.40. The maximum Gasteiger partial charge on any atom is 0.141 e. The van der Waals surface area contributed by atoms with Gasteiger partial charge in [0.2, 0.25) is 0 Å². The number of hydrogen-bond acceptors (Lipinski definition) is 3. The Balaban J connectivity index is 1.70. The van der Waals surface area contributed by atoms with Crippen LogP contribution in [0, 0.1) is 11.8 Å². The van der Waals surface area contributed by atoms with Gasteiger partial charge in [-0.25, -0.2) is 0 Å². The molecule has 0 unspecified atom stereocenters. The van der Waals surface area contributed by atoms with Crippen molar-refractivity contribution in [2.75, 3.05) is 7.11 Å². The Morgan fingerprint density at radius 1 is 1.12 bits per heavy atom. The number of hydrogen-bond donors (Lipinski definition) is 2. The van der Waals surface area contributed by atoms with E-state index in [2.05, 4.69) is 29.3 Å². The summed E-state index contributed by atoms with van der Waals surface area (Å²) < 4.78 is 5.17. The number of benzene rings is 2. The van der Waals surface area contributed by atoms with Crippen LogP contribution in [0.3, 0.4) is 0 Å². The first-order chi connectivity index (χ1) is 12.2. The third-order valence-corrected chi connectivity index (χ3v) is 4.79. The molecule has 2 atom stereocenters. The van der Waals surface area contributed by atoms with Crippen LogP contribution in [0.4, 0.5) is 0 Å². The lowest BCUT2D eigenvalue weighted by molar-refractivity contribution is 0.0254. The molecule has 0 aliphatic heterocycles. The zero-order valence-corrected chi connectivity index (χ0v) is 14.7. The topological polar surface area (TPSA) is 41.5 Å². The summed E-state index contributed by atoms with van der Waals surface area (Å²) in [6.07, 6.45) is 3.79. The number of aliphatic hydroxyl groups is 1. The van der Waals surface area contributed by atoms with Gasteiger partial charge in [0.25, 0.3) is 0 Å². The van der Waals surface area contributed by atoms with Crippen molar-refractivity contribution in [1.82, 2.24) is 5.32 Å². The van der Waals surface area contributed by atoms with Gasteiger partial charge in [0.15, 0.2) is 0 Å². The van der Waals surface area contributed by atoms with Gasteiger partial charge in [0.1, 0.15) is 11.4 Å². The van der Waals surface area contributed by atoms with Crippen molar-refractivity contribution in [3.8, 4) is 17.6 Å². The van der Waals surface area contributed by atoms with E-state index in [1.807, 2.05) is 42.5 Å². The lowest BCUT2D eigenvalue weighted by atomic mass is 9.80. The molecule has 0 bridgehead atoms. The molecule has 130 valence electrons. The summed E-state index contributed by atoms with van der Waals surface area (Å²) in [5, 5.41) is 14.6. The Morgan fingerprint density at radius 2 is 1.88 bits per heavy atom. The summed E-state index contributed by atoms with van der Waals surface area (Å²) in [4.78, 5) is 0. The predicted octanol–water partition coefficient (Wildman–Crippen LogP) is 3.51. The van der Waals surface area contributed by atoms with Gasteiger partial charge in [-0.2, -0.15) is 0 Å². The highest BCUT2D eigenvalue weighted by Crippen LogP contribution is 2.28. The predicted molar refractivity (Wildman–Crippen MR) is 100 cm³/mol. The van der Waals surface area contributed by atoms with Gasteiger partial charge in [-0.3, -0.25) is 0 Å². The van der Waals surface area contributed by atoms with Crippen molar-refractivity contribution in [3.05, 3.63) is 65.7 Å². The van der Waals surface area contributed by atoms with Gasteiger partial charge in [-0.1, -0.05) is 48.6 Å². The van der Waals surface area contributed by atoms with Crippen molar-refractivity contribution in [2.45, 2.75) is 43.9 Å². The molecule has 2 aromatic carbocycles. The van der Waals surface area contributed by atoms with Gasteiger partial charge < -0.3 is 15.2 Å². The van der Waals surface area contributed by atoms with Crippen molar-refractivity contribution in [1.29, 1.82) is 0 Å². The minimum atomic E-state index is -0.979. The monoisotopic (exact) mass is 335 g/mol. The van der Waals surface area contributed by atoms with Crippen LogP contribution in [0.25, 0.3) is 0 Å². The summed E-state index contributed by atoms with van der Waals surface area (Å²) in [7, 11) is 1.65. The largest absolute Gasteiger partial charge is 0.497 e. The zero-order chi connectivity index (χ0) is 17.5. The molecule has 0 saturated heterocycles. The molecule has 2 aromatic rings. The second-order valence-corrected chi connectivity index (χ2v) is 6.57. The molecule has 3 nitrogen and oxygen atoms in total. The average Bonchev–Trinajstić information content (AvgIpc) is 2.67. The highest BCUT2D eigenvalue weighted by Gasteiger charge is 2.37. The average molecular weight is 335 g/mol. The van der Waals surface area contributed by atoms with Crippen LogP contribution < -0.4 is 10.1 Å². The van der Waals surface area contributed by atoms with E-state index in [0.717, 1.165) is 37.1 Å². The van der Waals surface area contributed by atoms with Crippen molar-refractivity contribution in [2.24, 2.45) is 0 Å². The lowest BCUT2D eigenvalue weighted by Crippen LogP contribution is -2.51. The molecule has 1 saturated carbocycles. The minimum Gasteiger partial charge on any atom is -0.497 e. The summed E-state index contributed by atoms with van der Waals surface area (Å²) in [6.45, 7) is 0.748. The Kier molecular flexibility index (Phi) is 5.75. The van der Waals surface area contributed by atoms with Crippen LogP contribution >= 0.6 is 0 Å². The van der Waals surface area contributed by atoms with Crippen LogP contribution in [0.5, 0.6) is 5.75 Å². The van der Waals surface area contributed by atoms with E-state index < -0.39 is 5.60 Å². The molecule has 1 aliphatic carbocycles. The third-order valence-electron chi connectivity index (χ3n) is 4.79. The van der Waals surface area contributed by atoms with Crippen LogP contribution in [-0.4, -0.2) is 23.9 Å². The number of nitrogens with one attached hydrogen (secondary N) is 1. The molecular formula is C22H25NO2. The molecule has 1 fully saturated rings. The summed E-state index contributed by atoms with van der Waals surface area (Å²) in [5.41, 5.74) is 1.13. The molecule has 3 heteroatoms. The van der Waals surface area contributed by atoms with E-state index in [9.17, 15) is 5.11 Å². The summed E-state index contributed by atoms with van der Waals surface area (Å²) in [6, 6.07) is 17.9. The molecule has 0 heterocycles. The fourth-order valence-corrected chi connectivity index (χ4v) is 3.27. The molecule has 1 aliphatic rings. The number of ether oxygens (including phenoxy) is 1. The van der Waals surface area contributed by atoms with Gasteiger partial charge >= 0.3 is 0 Å². The van der Waals surface area contributed by atoms with Crippen molar-refractivity contribution in [3.63, 3.8) is 0 Å². The quantitative estimate of drug-likeness (QED) is 0.840. The third kappa shape index (κ3) is 4.63. The van der Waals surface area contributed by atoms with Gasteiger partial charge in [-0.05, 0) is 49.1 Å². The first-order valence-electron chi connectivity index (χ1n) is 8.86. The van der Waals surface area contributed by atoms with Crippen LogP contribution in [-0.2, 0) is 6.54 Å². The fourth-order valence-electron chi connectivity index (χ4n) is 3.27. The molecular weight excluding hydrogens is 310 g/mol. The van der Waals surface area contributed by atoms with Crippen LogP contribution in [0.15, 0.2) is 54.6 Å². The van der Waals surface area contributed by atoms with Crippen molar-refractivity contribution >= 4 is 0 Å². The Bertz CT molecular complexity index is 730. The van der Waals surface area contributed by atoms with Gasteiger partial charge in [0, 0.05) is 18.2 Å². The van der Waals surface area contributed by atoms with Gasteiger partial charge in [-0.15, -0.1) is 0 Å². The lowest BCUT2D eigenvalue weighted by Gasteiger charge is -2.36. The second kappa shape index (κ2) is 8.20. The minimum absolute atomic E-state index is 0.00722. The molecule has 2 N–H and O–H groups in total. The Labute approximate surface area is 150 Å². The van der Waals surface area contributed by atoms with Crippen LogP contribution in [0.2, 0.25) is 0 Å². The molecule has 0 spiro atoms. The smallest absolute Gasteiger partial charge is 0.141 e. The second-order valence-electron chi connectivity index (χ2n) is 6.57. The maximum atomic E-state index is 11.1. The van der Waals surface area contributed by atoms with E-state index in [1.165, 1.54) is 5.56 Å². The Hall–Kier alpha value is -2.28. The summed E-state index contributed by atoms with van der Waals surface area (Å²) in [5.74, 6) is 7.09. The molecule has 0 radical (unpaired) electrons. The van der Waals surface area contributed by atoms with E-state index in [1.54, 1.807) is 7.11 Å². The molecule has 0 aromatic heterocycles. The van der Waals surface area contributed by atoms with E-state index >= 15 is 0 Å². The molecule has 25 heavy (non-hydrogen) atoms. The van der Waals surface area contributed by atoms with Gasteiger partial charge in [0.05, 0.1) is 7.11 Å². The molecule has 0 amide bonds. The summed E-state index contributed by atoms with van der Waals surface area (Å²) >= 11 is 0. The standard InChI is InChI=1S/C22H25NO2/c1-25-20-12-10-18(11-13-20)14-16-22(24)15-6-5-9-21(22)23-17-19-7-3-2-4-8-19/h2-4,7-8,10-13,21,23-24H,5-6,9,15,17H2,1H3/t21-,22+/m0/s1. The number of rotatable bonds is 4. The fraction of sp³-hybridized carbons (Fsp3) is 0.364. The van der Waals surface area contributed by atoms with E-state index in [-0.39, 0.29) is 6.04 Å². The number of methoxy groups -OCH3 is 1. The highest BCUT2D eigenvalue weighted by atomic mass is 16.5. The van der Waals surface area contributed by atoms with Crippen LogP contribution in [0.1, 0.15) is 36.8 Å². The normalized spacial score (nSPS) is 22.7. The molecule has 3 rings (SSSR count). The van der Waals surface area contributed by atoms with Crippen molar-refractivity contribution < 1.29 is 9.84 Å². The Morgan fingerprint density at radius 3 is 2.60 bits per heavy atom. The van der Waals surface area contributed by atoms with E-state index in [4.69, 9.17) is 4.74 Å².